The van der Waals surface area contributed by atoms with Gasteiger partial charge in [0.1, 0.15) is 0 Å². The third kappa shape index (κ3) is 3.57. The highest BCUT2D eigenvalue weighted by Crippen LogP contribution is 2.13. The van der Waals surface area contributed by atoms with Gasteiger partial charge in [0.05, 0.1) is 6.04 Å². The molecule has 0 aliphatic rings. The second-order valence-electron chi connectivity index (χ2n) is 4.59. The van der Waals surface area contributed by atoms with E-state index in [-0.39, 0.29) is 11.9 Å². The molecule has 4 heteroatoms. The van der Waals surface area contributed by atoms with Crippen molar-refractivity contribution in [2.45, 2.75) is 19.9 Å². The fourth-order valence-electron chi connectivity index (χ4n) is 1.94. The van der Waals surface area contributed by atoms with Crippen LogP contribution in [0.4, 0.5) is 5.69 Å². The average Bonchev–Trinajstić information content (AvgIpc) is 2.49. The average molecular weight is 269 g/mol. The van der Waals surface area contributed by atoms with E-state index in [0.717, 1.165) is 17.8 Å². The summed E-state index contributed by atoms with van der Waals surface area (Å²) in [5, 5.41) is 6.16. The Morgan fingerprint density at radius 1 is 1.25 bits per heavy atom. The normalized spacial score (nSPS) is 11.7. The van der Waals surface area contributed by atoms with E-state index in [9.17, 15) is 4.79 Å². The van der Waals surface area contributed by atoms with Gasteiger partial charge < -0.3 is 10.6 Å². The Kier molecular flexibility index (Phi) is 4.71. The Labute approximate surface area is 119 Å². The molecule has 0 bridgehead atoms. The maximum absolute atomic E-state index is 12.1. The molecule has 1 aromatic heterocycles. The van der Waals surface area contributed by atoms with Crippen molar-refractivity contribution in [1.29, 1.82) is 0 Å². The van der Waals surface area contributed by atoms with E-state index in [4.69, 9.17) is 0 Å². The zero-order chi connectivity index (χ0) is 14.4. The standard InChI is InChI=1S/C16H19N3O/c1-3-18-15-8-6-13(7-9-15)16(20)19-12(2)14-5-4-10-17-11-14/h4-12,18H,3H2,1-2H3,(H,19,20). The highest BCUT2D eigenvalue weighted by atomic mass is 16.1. The van der Waals surface area contributed by atoms with Gasteiger partial charge in [0.25, 0.3) is 5.91 Å². The van der Waals surface area contributed by atoms with Gasteiger partial charge in [0.2, 0.25) is 0 Å². The predicted molar refractivity (Wildman–Crippen MR) is 80.7 cm³/mol. The molecule has 0 spiro atoms. The van der Waals surface area contributed by atoms with E-state index in [1.165, 1.54) is 0 Å². The molecule has 0 saturated carbocycles. The molecule has 1 heterocycles. The molecule has 0 saturated heterocycles. The molecule has 1 atom stereocenters. The van der Waals surface area contributed by atoms with E-state index in [1.807, 2.05) is 50.2 Å². The van der Waals surface area contributed by atoms with Gasteiger partial charge in [-0.3, -0.25) is 9.78 Å². The smallest absolute Gasteiger partial charge is 0.251 e. The van der Waals surface area contributed by atoms with Crippen LogP contribution >= 0.6 is 0 Å². The van der Waals surface area contributed by atoms with Crippen molar-refractivity contribution in [2.75, 3.05) is 11.9 Å². The lowest BCUT2D eigenvalue weighted by Gasteiger charge is -2.14. The lowest BCUT2D eigenvalue weighted by Crippen LogP contribution is -2.26. The van der Waals surface area contributed by atoms with E-state index in [1.54, 1.807) is 12.4 Å². The van der Waals surface area contributed by atoms with Crippen LogP contribution < -0.4 is 10.6 Å². The van der Waals surface area contributed by atoms with Crippen molar-refractivity contribution >= 4 is 11.6 Å². The van der Waals surface area contributed by atoms with E-state index < -0.39 is 0 Å². The molecule has 0 aliphatic heterocycles. The molecule has 2 rings (SSSR count). The van der Waals surface area contributed by atoms with Gasteiger partial charge in [0.15, 0.2) is 0 Å². The minimum atomic E-state index is -0.0793. The van der Waals surface area contributed by atoms with Crippen LogP contribution in [-0.2, 0) is 0 Å². The number of carbonyl (C=O) groups excluding carboxylic acids is 1. The van der Waals surface area contributed by atoms with Gasteiger partial charge in [-0.05, 0) is 49.7 Å². The van der Waals surface area contributed by atoms with Crippen LogP contribution in [0.5, 0.6) is 0 Å². The maximum Gasteiger partial charge on any atom is 0.251 e. The first kappa shape index (κ1) is 14.1. The molecule has 104 valence electrons. The van der Waals surface area contributed by atoms with Gasteiger partial charge >= 0.3 is 0 Å². The van der Waals surface area contributed by atoms with Gasteiger partial charge in [-0.25, -0.2) is 0 Å². The number of nitrogens with one attached hydrogen (secondary N) is 2. The number of anilines is 1. The Hall–Kier alpha value is -2.36. The first-order valence-corrected chi connectivity index (χ1v) is 6.75. The molecular weight excluding hydrogens is 250 g/mol. The summed E-state index contributed by atoms with van der Waals surface area (Å²) in [4.78, 5) is 16.2. The van der Waals surface area contributed by atoms with Crippen LogP contribution in [0.25, 0.3) is 0 Å². The highest BCUT2D eigenvalue weighted by molar-refractivity contribution is 5.94. The summed E-state index contributed by atoms with van der Waals surface area (Å²) in [6.45, 7) is 4.85. The van der Waals surface area contributed by atoms with E-state index in [0.29, 0.717) is 5.56 Å². The number of aromatic nitrogens is 1. The Balaban J connectivity index is 2.01. The molecular formula is C16H19N3O. The van der Waals surface area contributed by atoms with Crippen LogP contribution in [0.15, 0.2) is 48.8 Å². The second kappa shape index (κ2) is 6.70. The number of hydrogen-bond donors (Lipinski definition) is 2. The lowest BCUT2D eigenvalue weighted by atomic mass is 10.1. The molecule has 20 heavy (non-hydrogen) atoms. The minimum absolute atomic E-state index is 0.0651. The van der Waals surface area contributed by atoms with Crippen molar-refractivity contribution in [3.8, 4) is 0 Å². The third-order valence-electron chi connectivity index (χ3n) is 3.06. The van der Waals surface area contributed by atoms with Crippen molar-refractivity contribution in [3.05, 3.63) is 59.9 Å². The highest BCUT2D eigenvalue weighted by Gasteiger charge is 2.11. The van der Waals surface area contributed by atoms with Gasteiger partial charge in [-0.1, -0.05) is 6.07 Å². The molecule has 0 aliphatic carbocycles. The van der Waals surface area contributed by atoms with Gasteiger partial charge in [0, 0.05) is 30.2 Å². The number of rotatable bonds is 5. The monoisotopic (exact) mass is 269 g/mol. The zero-order valence-corrected chi connectivity index (χ0v) is 11.8. The van der Waals surface area contributed by atoms with Gasteiger partial charge in [-0.15, -0.1) is 0 Å². The molecule has 2 aromatic rings. The molecule has 0 fully saturated rings. The zero-order valence-electron chi connectivity index (χ0n) is 11.8. The third-order valence-corrected chi connectivity index (χ3v) is 3.06. The second-order valence-corrected chi connectivity index (χ2v) is 4.59. The van der Waals surface area contributed by atoms with Crippen LogP contribution in [0.3, 0.4) is 0 Å². The number of nitrogens with zero attached hydrogens (tertiary/aromatic N) is 1. The molecule has 1 amide bonds. The van der Waals surface area contributed by atoms with Crippen LogP contribution in [0.2, 0.25) is 0 Å². The van der Waals surface area contributed by atoms with E-state index >= 15 is 0 Å². The topological polar surface area (TPSA) is 54.0 Å². The summed E-state index contributed by atoms with van der Waals surface area (Å²) in [5.41, 5.74) is 2.66. The van der Waals surface area contributed by atoms with Crippen molar-refractivity contribution in [2.24, 2.45) is 0 Å². The Morgan fingerprint density at radius 2 is 2.00 bits per heavy atom. The summed E-state index contributed by atoms with van der Waals surface area (Å²) in [6, 6.07) is 11.2. The largest absolute Gasteiger partial charge is 0.385 e. The maximum atomic E-state index is 12.1. The fraction of sp³-hybridized carbons (Fsp3) is 0.250. The van der Waals surface area contributed by atoms with E-state index in [2.05, 4.69) is 15.6 Å². The van der Waals surface area contributed by atoms with Crippen molar-refractivity contribution in [3.63, 3.8) is 0 Å². The summed E-state index contributed by atoms with van der Waals surface area (Å²) < 4.78 is 0. The number of hydrogen-bond acceptors (Lipinski definition) is 3. The van der Waals surface area contributed by atoms with Crippen LogP contribution in [0.1, 0.15) is 35.8 Å². The summed E-state index contributed by atoms with van der Waals surface area (Å²) >= 11 is 0. The number of pyridine rings is 1. The first-order valence-electron chi connectivity index (χ1n) is 6.75. The molecule has 1 aromatic carbocycles. The van der Waals surface area contributed by atoms with Gasteiger partial charge in [-0.2, -0.15) is 0 Å². The molecule has 2 N–H and O–H groups in total. The molecule has 4 nitrogen and oxygen atoms in total. The Bertz CT molecular complexity index is 552. The summed E-state index contributed by atoms with van der Waals surface area (Å²) in [7, 11) is 0. The fourth-order valence-corrected chi connectivity index (χ4v) is 1.94. The SMILES string of the molecule is CCNc1ccc(C(=O)NC(C)c2cccnc2)cc1. The number of carbonyl (C=O) groups is 1. The van der Waals surface area contributed by atoms with Crippen molar-refractivity contribution < 1.29 is 4.79 Å². The quantitative estimate of drug-likeness (QED) is 0.877. The molecule has 1 unspecified atom stereocenters. The summed E-state index contributed by atoms with van der Waals surface area (Å²) in [6.07, 6.45) is 3.48. The van der Waals surface area contributed by atoms with Crippen LogP contribution in [-0.4, -0.2) is 17.4 Å². The predicted octanol–water partition coefficient (Wildman–Crippen LogP) is 3.00. The van der Waals surface area contributed by atoms with Crippen LogP contribution in [0, 0.1) is 0 Å². The summed E-state index contributed by atoms with van der Waals surface area (Å²) in [5.74, 6) is -0.0793. The number of amides is 1. The lowest BCUT2D eigenvalue weighted by molar-refractivity contribution is 0.0940. The van der Waals surface area contributed by atoms with Crippen molar-refractivity contribution in [1.82, 2.24) is 10.3 Å². The minimum Gasteiger partial charge on any atom is -0.385 e. The Morgan fingerprint density at radius 3 is 2.60 bits per heavy atom. The first-order chi connectivity index (χ1) is 9.70. The molecule has 0 radical (unpaired) electrons. The number of benzene rings is 1.